The highest BCUT2D eigenvalue weighted by atomic mass is 79.9. The number of carboxylic acids is 1. The maximum Gasteiger partial charge on any atom is 0.308 e. The summed E-state index contributed by atoms with van der Waals surface area (Å²) in [6, 6.07) is 3.48. The first-order chi connectivity index (χ1) is 8.59. The van der Waals surface area contributed by atoms with Crippen LogP contribution in [-0.2, 0) is 4.79 Å². The van der Waals surface area contributed by atoms with Crippen molar-refractivity contribution >= 4 is 27.8 Å². The molecule has 1 saturated heterocycles. The van der Waals surface area contributed by atoms with Crippen LogP contribution in [0.25, 0.3) is 0 Å². The van der Waals surface area contributed by atoms with Gasteiger partial charge in [-0.15, -0.1) is 0 Å². The minimum Gasteiger partial charge on any atom is -0.481 e. The van der Waals surface area contributed by atoms with Gasteiger partial charge in [0.15, 0.2) is 0 Å². The van der Waals surface area contributed by atoms with Gasteiger partial charge in [0.2, 0.25) is 0 Å². The smallest absolute Gasteiger partial charge is 0.308 e. The monoisotopic (exact) mass is 312 g/mol. The predicted octanol–water partition coefficient (Wildman–Crippen LogP) is 1.78. The normalized spacial score (nSPS) is 19.6. The van der Waals surface area contributed by atoms with E-state index in [9.17, 15) is 9.59 Å². The van der Waals surface area contributed by atoms with E-state index in [-0.39, 0.29) is 12.5 Å². The molecule has 1 aromatic rings. The zero-order valence-corrected chi connectivity index (χ0v) is 11.3. The number of nitrogens with zero attached hydrogens (tertiary/aromatic N) is 2. The van der Waals surface area contributed by atoms with Crippen molar-refractivity contribution in [3.05, 3.63) is 28.5 Å². The van der Waals surface area contributed by atoms with Crippen LogP contribution in [0.15, 0.2) is 22.8 Å². The van der Waals surface area contributed by atoms with Crippen molar-refractivity contribution < 1.29 is 14.7 Å². The SMILES string of the molecule is O=C(O)C1CCCN(C(=O)c2ncccc2Br)C1. The third-order valence-corrected chi connectivity index (χ3v) is 3.66. The first-order valence-corrected chi connectivity index (χ1v) is 6.51. The lowest BCUT2D eigenvalue weighted by Gasteiger charge is -2.30. The molecule has 1 fully saturated rings. The molecule has 0 spiro atoms. The van der Waals surface area contributed by atoms with E-state index in [1.807, 2.05) is 0 Å². The molecule has 2 rings (SSSR count). The lowest BCUT2D eigenvalue weighted by molar-refractivity contribution is -0.143. The number of carbonyl (C=O) groups is 2. The molecule has 1 unspecified atom stereocenters. The van der Waals surface area contributed by atoms with E-state index in [0.29, 0.717) is 29.6 Å². The molecule has 96 valence electrons. The number of aromatic nitrogens is 1. The maximum atomic E-state index is 12.2. The third kappa shape index (κ3) is 2.69. The summed E-state index contributed by atoms with van der Waals surface area (Å²) in [4.78, 5) is 28.8. The van der Waals surface area contributed by atoms with Crippen LogP contribution in [0.3, 0.4) is 0 Å². The van der Waals surface area contributed by atoms with Gasteiger partial charge in [-0.2, -0.15) is 0 Å². The van der Waals surface area contributed by atoms with Crippen LogP contribution in [0.4, 0.5) is 0 Å². The molecule has 2 heterocycles. The maximum absolute atomic E-state index is 12.2. The standard InChI is InChI=1S/C12H13BrN2O3/c13-9-4-1-5-14-10(9)11(16)15-6-2-3-8(7-15)12(17)18/h1,4-5,8H,2-3,6-7H2,(H,17,18). The molecule has 0 aromatic carbocycles. The Morgan fingerprint density at radius 3 is 2.94 bits per heavy atom. The summed E-state index contributed by atoms with van der Waals surface area (Å²) < 4.78 is 0.632. The molecule has 6 heteroatoms. The highest BCUT2D eigenvalue weighted by Crippen LogP contribution is 2.21. The van der Waals surface area contributed by atoms with Crippen LogP contribution in [-0.4, -0.2) is 40.0 Å². The summed E-state index contributed by atoms with van der Waals surface area (Å²) in [7, 11) is 0. The lowest BCUT2D eigenvalue weighted by Crippen LogP contribution is -2.42. The van der Waals surface area contributed by atoms with Crippen molar-refractivity contribution in [3.8, 4) is 0 Å². The molecule has 1 amide bonds. The fourth-order valence-electron chi connectivity index (χ4n) is 2.06. The molecule has 1 N–H and O–H groups in total. The van der Waals surface area contributed by atoms with E-state index in [0.717, 1.165) is 0 Å². The van der Waals surface area contributed by atoms with Gasteiger partial charge in [-0.3, -0.25) is 9.59 Å². The summed E-state index contributed by atoms with van der Waals surface area (Å²) >= 11 is 3.28. The van der Waals surface area contributed by atoms with Crippen molar-refractivity contribution in [2.45, 2.75) is 12.8 Å². The Bertz CT molecular complexity index is 478. The zero-order chi connectivity index (χ0) is 13.1. The Hall–Kier alpha value is -1.43. The van der Waals surface area contributed by atoms with Crippen LogP contribution in [0.1, 0.15) is 23.3 Å². The number of amides is 1. The average Bonchev–Trinajstić information content (AvgIpc) is 2.38. The van der Waals surface area contributed by atoms with Gasteiger partial charge in [-0.1, -0.05) is 0 Å². The quantitative estimate of drug-likeness (QED) is 0.903. The number of aliphatic carboxylic acids is 1. The second-order valence-electron chi connectivity index (χ2n) is 4.26. The molecule has 1 aliphatic rings. The van der Waals surface area contributed by atoms with Crippen LogP contribution >= 0.6 is 15.9 Å². The second-order valence-corrected chi connectivity index (χ2v) is 5.12. The van der Waals surface area contributed by atoms with Crippen molar-refractivity contribution in [2.75, 3.05) is 13.1 Å². The van der Waals surface area contributed by atoms with Crippen LogP contribution < -0.4 is 0 Å². The van der Waals surface area contributed by atoms with Crippen molar-refractivity contribution in [3.63, 3.8) is 0 Å². The Balaban J connectivity index is 2.14. The van der Waals surface area contributed by atoms with Gasteiger partial charge in [-0.25, -0.2) is 4.98 Å². The fourth-order valence-corrected chi connectivity index (χ4v) is 2.48. The van der Waals surface area contributed by atoms with Crippen LogP contribution in [0.5, 0.6) is 0 Å². The number of piperidine rings is 1. The molecule has 1 aromatic heterocycles. The molecule has 0 bridgehead atoms. The van der Waals surface area contributed by atoms with Gasteiger partial charge in [0.25, 0.3) is 5.91 Å². The summed E-state index contributed by atoms with van der Waals surface area (Å²) in [5.41, 5.74) is 0.337. The van der Waals surface area contributed by atoms with Crippen molar-refractivity contribution in [2.24, 2.45) is 5.92 Å². The van der Waals surface area contributed by atoms with Crippen LogP contribution in [0.2, 0.25) is 0 Å². The Morgan fingerprint density at radius 2 is 2.28 bits per heavy atom. The first-order valence-electron chi connectivity index (χ1n) is 5.72. The van der Waals surface area contributed by atoms with Crippen molar-refractivity contribution in [1.82, 2.24) is 9.88 Å². The molecule has 1 atom stereocenters. The number of carbonyl (C=O) groups excluding carboxylic acids is 1. The number of pyridine rings is 1. The van der Waals surface area contributed by atoms with E-state index in [1.54, 1.807) is 23.2 Å². The van der Waals surface area contributed by atoms with Crippen molar-refractivity contribution in [1.29, 1.82) is 0 Å². The highest BCUT2D eigenvalue weighted by molar-refractivity contribution is 9.10. The van der Waals surface area contributed by atoms with Gasteiger partial charge in [0, 0.05) is 23.8 Å². The van der Waals surface area contributed by atoms with Gasteiger partial charge in [0.05, 0.1) is 5.92 Å². The number of halogens is 1. The third-order valence-electron chi connectivity index (χ3n) is 3.02. The summed E-state index contributed by atoms with van der Waals surface area (Å²) in [6.45, 7) is 0.850. The minimum absolute atomic E-state index is 0.214. The number of hydrogen-bond donors (Lipinski definition) is 1. The van der Waals surface area contributed by atoms with Gasteiger partial charge in [0.1, 0.15) is 5.69 Å². The van der Waals surface area contributed by atoms with Crippen LogP contribution in [0, 0.1) is 5.92 Å². The number of likely N-dealkylation sites (tertiary alicyclic amines) is 1. The largest absolute Gasteiger partial charge is 0.481 e. The minimum atomic E-state index is -0.840. The lowest BCUT2D eigenvalue weighted by atomic mass is 9.98. The number of carboxylic acid groups (broad SMARTS) is 1. The van der Waals surface area contributed by atoms with E-state index < -0.39 is 11.9 Å². The predicted molar refractivity (Wildman–Crippen MR) is 68.2 cm³/mol. The zero-order valence-electron chi connectivity index (χ0n) is 9.67. The van der Waals surface area contributed by atoms with E-state index in [2.05, 4.69) is 20.9 Å². The molecule has 0 aliphatic carbocycles. The van der Waals surface area contributed by atoms with E-state index >= 15 is 0 Å². The summed E-state index contributed by atoms with van der Waals surface area (Å²) in [6.07, 6.45) is 2.90. The van der Waals surface area contributed by atoms with Gasteiger partial charge < -0.3 is 10.0 Å². The Kier molecular flexibility index (Phi) is 3.96. The number of rotatable bonds is 2. The van der Waals surface area contributed by atoms with Gasteiger partial charge in [-0.05, 0) is 40.9 Å². The Labute approximate surface area is 113 Å². The second kappa shape index (κ2) is 5.48. The Morgan fingerprint density at radius 1 is 1.50 bits per heavy atom. The molecule has 5 nitrogen and oxygen atoms in total. The summed E-state index contributed by atoms with van der Waals surface area (Å²) in [5, 5.41) is 9.00. The first kappa shape index (κ1) is 13.0. The van der Waals surface area contributed by atoms with Gasteiger partial charge >= 0.3 is 5.97 Å². The molecule has 0 saturated carbocycles. The molecule has 18 heavy (non-hydrogen) atoms. The highest BCUT2D eigenvalue weighted by Gasteiger charge is 2.29. The summed E-state index contributed by atoms with van der Waals surface area (Å²) in [5.74, 6) is -1.52. The average molecular weight is 313 g/mol. The topological polar surface area (TPSA) is 70.5 Å². The van der Waals surface area contributed by atoms with E-state index in [1.165, 1.54) is 0 Å². The molecular weight excluding hydrogens is 300 g/mol. The number of hydrogen-bond acceptors (Lipinski definition) is 3. The molecule has 1 aliphatic heterocycles. The van der Waals surface area contributed by atoms with E-state index in [4.69, 9.17) is 5.11 Å². The fraction of sp³-hybridized carbons (Fsp3) is 0.417. The molecule has 0 radical (unpaired) electrons. The molecular formula is C12H13BrN2O3.